The highest BCUT2D eigenvalue weighted by molar-refractivity contribution is 5.49. The Labute approximate surface area is 71.3 Å². The van der Waals surface area contributed by atoms with Gasteiger partial charge in [-0.15, -0.1) is 0 Å². The predicted molar refractivity (Wildman–Crippen MR) is 48.5 cm³/mol. The molecular weight excluding hydrogens is 150 g/mol. The van der Waals surface area contributed by atoms with E-state index in [9.17, 15) is 4.79 Å². The second-order valence-electron chi connectivity index (χ2n) is 2.25. The van der Waals surface area contributed by atoms with Gasteiger partial charge in [-0.2, -0.15) is 0 Å². The van der Waals surface area contributed by atoms with Gasteiger partial charge in [0.25, 0.3) is 0 Å². The summed E-state index contributed by atoms with van der Waals surface area (Å²) in [7, 11) is 0. The second kappa shape index (κ2) is 5.05. The van der Waals surface area contributed by atoms with Crippen LogP contribution in [-0.2, 0) is 4.79 Å². The molecule has 0 N–H and O–H groups in total. The molecule has 12 heavy (non-hydrogen) atoms. The van der Waals surface area contributed by atoms with Gasteiger partial charge < -0.3 is 0 Å². The van der Waals surface area contributed by atoms with E-state index in [4.69, 9.17) is 0 Å². The predicted octanol–water partition coefficient (Wildman–Crippen LogP) is 2.04. The van der Waals surface area contributed by atoms with Gasteiger partial charge in [-0.1, -0.05) is 42.5 Å². The van der Waals surface area contributed by atoms with Crippen molar-refractivity contribution in [2.75, 3.05) is 6.54 Å². The van der Waals surface area contributed by atoms with Crippen molar-refractivity contribution in [3.05, 3.63) is 42.0 Å². The third-order valence-electron chi connectivity index (χ3n) is 1.37. The lowest BCUT2D eigenvalue weighted by molar-refractivity contribution is 0.564. The molecule has 0 fully saturated rings. The van der Waals surface area contributed by atoms with Crippen molar-refractivity contribution in [1.82, 2.24) is 0 Å². The van der Waals surface area contributed by atoms with Crippen LogP contribution in [0.1, 0.15) is 5.56 Å². The molecule has 60 valence electrons. The number of hydrogen-bond donors (Lipinski definition) is 0. The minimum absolute atomic E-state index is 0.401. The fourth-order valence-corrected chi connectivity index (χ4v) is 0.843. The molecule has 2 nitrogen and oxygen atoms in total. The molecule has 0 saturated carbocycles. The number of carbonyl (C=O) groups excluding carboxylic acids is 1. The normalized spacial score (nSPS) is 9.67. The van der Waals surface area contributed by atoms with E-state index in [-0.39, 0.29) is 0 Å². The Morgan fingerprint density at radius 2 is 2.08 bits per heavy atom. The summed E-state index contributed by atoms with van der Waals surface area (Å²) in [6.45, 7) is 0.401. The van der Waals surface area contributed by atoms with E-state index < -0.39 is 0 Å². The molecule has 0 aromatic heterocycles. The van der Waals surface area contributed by atoms with Gasteiger partial charge in [0.2, 0.25) is 6.08 Å². The van der Waals surface area contributed by atoms with Crippen molar-refractivity contribution < 1.29 is 4.79 Å². The van der Waals surface area contributed by atoms with Crippen LogP contribution in [0.5, 0.6) is 0 Å². The third-order valence-corrected chi connectivity index (χ3v) is 1.37. The van der Waals surface area contributed by atoms with Gasteiger partial charge >= 0.3 is 0 Å². The molecule has 0 heterocycles. The third kappa shape index (κ3) is 2.95. The molecule has 0 saturated heterocycles. The lowest BCUT2D eigenvalue weighted by atomic mass is 10.2. The van der Waals surface area contributed by atoms with Crippen molar-refractivity contribution in [2.24, 2.45) is 4.99 Å². The maximum Gasteiger partial charge on any atom is 0.235 e. The van der Waals surface area contributed by atoms with Crippen LogP contribution in [0.2, 0.25) is 0 Å². The van der Waals surface area contributed by atoms with Crippen molar-refractivity contribution in [3.8, 4) is 0 Å². The van der Waals surface area contributed by atoms with E-state index in [1.54, 1.807) is 0 Å². The first-order valence-electron chi connectivity index (χ1n) is 3.68. The van der Waals surface area contributed by atoms with Crippen molar-refractivity contribution >= 4 is 12.2 Å². The zero-order valence-electron chi connectivity index (χ0n) is 6.60. The Bertz CT molecular complexity index is 297. The number of rotatable bonds is 3. The highest BCUT2D eigenvalue weighted by Gasteiger charge is 1.80. The molecular formula is C10H9NO. The van der Waals surface area contributed by atoms with E-state index in [0.29, 0.717) is 6.54 Å². The first-order valence-corrected chi connectivity index (χ1v) is 3.68. The zero-order valence-corrected chi connectivity index (χ0v) is 6.60. The van der Waals surface area contributed by atoms with Crippen LogP contribution in [0.15, 0.2) is 41.4 Å². The lowest BCUT2D eigenvalue weighted by Gasteiger charge is -1.88. The average Bonchev–Trinajstić information content (AvgIpc) is 2.14. The van der Waals surface area contributed by atoms with Crippen LogP contribution in [-0.4, -0.2) is 12.6 Å². The second-order valence-corrected chi connectivity index (χ2v) is 2.25. The summed E-state index contributed by atoms with van der Waals surface area (Å²) in [5.74, 6) is 0. The van der Waals surface area contributed by atoms with Crippen molar-refractivity contribution in [2.45, 2.75) is 0 Å². The van der Waals surface area contributed by atoms with Crippen LogP contribution in [0.4, 0.5) is 0 Å². The molecule has 0 atom stereocenters. The Balaban J connectivity index is 2.52. The molecule has 0 unspecified atom stereocenters. The molecule has 0 aliphatic rings. The van der Waals surface area contributed by atoms with Gasteiger partial charge in [-0.05, 0) is 5.56 Å². The first kappa shape index (κ1) is 8.44. The van der Waals surface area contributed by atoms with E-state index in [2.05, 4.69) is 4.99 Å². The van der Waals surface area contributed by atoms with Gasteiger partial charge in [-0.25, -0.2) is 9.79 Å². The lowest BCUT2D eigenvalue weighted by Crippen LogP contribution is -1.71. The van der Waals surface area contributed by atoms with Crippen molar-refractivity contribution in [3.63, 3.8) is 0 Å². The number of nitrogens with zero attached hydrogens (tertiary/aromatic N) is 1. The van der Waals surface area contributed by atoms with Gasteiger partial charge in [0, 0.05) is 0 Å². The fourth-order valence-electron chi connectivity index (χ4n) is 0.843. The topological polar surface area (TPSA) is 29.4 Å². The highest BCUT2D eigenvalue weighted by Crippen LogP contribution is 1.99. The summed E-state index contributed by atoms with van der Waals surface area (Å²) < 4.78 is 0. The maximum atomic E-state index is 9.69. The van der Waals surface area contributed by atoms with Gasteiger partial charge in [0.15, 0.2) is 0 Å². The number of hydrogen-bond acceptors (Lipinski definition) is 2. The van der Waals surface area contributed by atoms with Gasteiger partial charge in [0.1, 0.15) is 0 Å². The number of isocyanates is 1. The summed E-state index contributed by atoms with van der Waals surface area (Å²) in [4.78, 5) is 13.1. The van der Waals surface area contributed by atoms with E-state index in [1.807, 2.05) is 42.5 Å². The van der Waals surface area contributed by atoms with Crippen molar-refractivity contribution in [1.29, 1.82) is 0 Å². The van der Waals surface area contributed by atoms with Crippen LogP contribution in [0, 0.1) is 0 Å². The standard InChI is InChI=1S/C10H9NO/c12-9-11-8-4-7-10-5-2-1-3-6-10/h1-7H,8H2/b7-4-. The summed E-state index contributed by atoms with van der Waals surface area (Å²) >= 11 is 0. The summed E-state index contributed by atoms with van der Waals surface area (Å²) in [5.41, 5.74) is 1.11. The molecule has 0 aliphatic carbocycles. The van der Waals surface area contributed by atoms with E-state index in [1.165, 1.54) is 6.08 Å². The summed E-state index contributed by atoms with van der Waals surface area (Å²) in [6.07, 6.45) is 5.21. The molecule has 1 aromatic rings. The smallest absolute Gasteiger partial charge is 0.211 e. The molecule has 0 radical (unpaired) electrons. The SMILES string of the molecule is O=C=NC/C=C\c1ccccc1. The molecule has 2 heteroatoms. The largest absolute Gasteiger partial charge is 0.235 e. The summed E-state index contributed by atoms with van der Waals surface area (Å²) in [6, 6.07) is 9.86. The molecule has 0 bridgehead atoms. The molecule has 1 rings (SSSR count). The number of aliphatic imine (C=N–C) groups is 1. The monoisotopic (exact) mass is 159 g/mol. The van der Waals surface area contributed by atoms with Gasteiger partial charge in [-0.3, -0.25) is 0 Å². The van der Waals surface area contributed by atoms with Crippen LogP contribution < -0.4 is 0 Å². The highest BCUT2D eigenvalue weighted by atomic mass is 16.1. The molecule has 0 aliphatic heterocycles. The van der Waals surface area contributed by atoms with E-state index in [0.717, 1.165) is 5.56 Å². The Morgan fingerprint density at radius 3 is 2.75 bits per heavy atom. The van der Waals surface area contributed by atoms with Crippen LogP contribution >= 0.6 is 0 Å². The summed E-state index contributed by atoms with van der Waals surface area (Å²) in [5, 5.41) is 0. The molecule has 0 amide bonds. The average molecular weight is 159 g/mol. The number of benzene rings is 1. The van der Waals surface area contributed by atoms with Gasteiger partial charge in [0.05, 0.1) is 6.54 Å². The molecule has 1 aromatic carbocycles. The zero-order chi connectivity index (χ0) is 8.65. The minimum atomic E-state index is 0.401. The van der Waals surface area contributed by atoms with Crippen LogP contribution in [0.25, 0.3) is 6.08 Å². The molecule has 0 spiro atoms. The fraction of sp³-hybridized carbons (Fsp3) is 0.100. The Kier molecular flexibility index (Phi) is 3.55. The van der Waals surface area contributed by atoms with Crippen LogP contribution in [0.3, 0.4) is 0 Å². The first-order chi connectivity index (χ1) is 5.93. The van der Waals surface area contributed by atoms with E-state index >= 15 is 0 Å². The minimum Gasteiger partial charge on any atom is -0.211 e. The quantitative estimate of drug-likeness (QED) is 0.490. The Hall–Kier alpha value is -1.66. The Morgan fingerprint density at radius 1 is 1.33 bits per heavy atom. The maximum absolute atomic E-state index is 9.69.